The molecule has 1 saturated carbocycles. The maximum atomic E-state index is 12.5. The molecular formula is C22H31N3O3. The molecule has 1 atom stereocenters. The second kappa shape index (κ2) is 8.95. The number of carbonyl (C=O) groups is 2. The summed E-state index contributed by atoms with van der Waals surface area (Å²) in [5.41, 5.74) is 0.559. The zero-order valence-electron chi connectivity index (χ0n) is 16.5. The van der Waals surface area contributed by atoms with Crippen molar-refractivity contribution in [2.45, 2.75) is 69.6 Å². The Balaban J connectivity index is 1.24. The topological polar surface area (TPSA) is 70.7 Å². The summed E-state index contributed by atoms with van der Waals surface area (Å²) in [6, 6.07) is 7.51. The lowest BCUT2D eigenvalue weighted by molar-refractivity contribution is -0.122. The normalized spacial score (nSPS) is 28.6. The van der Waals surface area contributed by atoms with Crippen molar-refractivity contribution in [2.75, 3.05) is 19.6 Å². The molecule has 1 aromatic carbocycles. The molecule has 2 saturated heterocycles. The van der Waals surface area contributed by atoms with Crippen molar-refractivity contribution in [3.63, 3.8) is 0 Å². The number of nitrogens with one attached hydrogen (secondary N) is 2. The van der Waals surface area contributed by atoms with Gasteiger partial charge in [-0.3, -0.25) is 9.59 Å². The number of benzene rings is 1. The molecule has 0 aromatic heterocycles. The molecule has 1 aliphatic carbocycles. The number of amides is 2. The van der Waals surface area contributed by atoms with Crippen molar-refractivity contribution in [3.8, 4) is 5.75 Å². The third kappa shape index (κ3) is 4.66. The van der Waals surface area contributed by atoms with Gasteiger partial charge in [0.2, 0.25) is 5.91 Å². The van der Waals surface area contributed by atoms with Crippen LogP contribution in [-0.2, 0) is 4.79 Å². The summed E-state index contributed by atoms with van der Waals surface area (Å²) in [6.45, 7) is 3.16. The van der Waals surface area contributed by atoms with Gasteiger partial charge in [-0.25, -0.2) is 0 Å². The fourth-order valence-corrected chi connectivity index (χ4v) is 4.41. The fraction of sp³-hybridized carbons (Fsp3) is 0.636. The van der Waals surface area contributed by atoms with Gasteiger partial charge in [0.1, 0.15) is 17.9 Å². The predicted molar refractivity (Wildman–Crippen MR) is 107 cm³/mol. The van der Waals surface area contributed by atoms with Crippen LogP contribution >= 0.6 is 0 Å². The summed E-state index contributed by atoms with van der Waals surface area (Å²) in [7, 11) is 0. The van der Waals surface area contributed by atoms with E-state index in [0.29, 0.717) is 24.6 Å². The second-order valence-electron chi connectivity index (χ2n) is 8.30. The Labute approximate surface area is 167 Å². The standard InChI is InChI=1S/C22H31N3O3/c26-21(24-20-6-2-3-11-23-22(20)27)16-7-9-18(10-8-16)28-19-14-17(15-19)25-12-4-1-5-13-25/h7-10,17,19-20H,1-6,11-15H2,(H,23,27)(H,24,26)/t17-,19-,20?. The van der Waals surface area contributed by atoms with E-state index in [0.717, 1.165) is 31.4 Å². The SMILES string of the molecule is O=C(NC1CCCCNC1=O)c1ccc(O[C@H]2C[C@H](N3CCCCC3)C2)cc1. The summed E-state index contributed by atoms with van der Waals surface area (Å²) in [4.78, 5) is 27.1. The van der Waals surface area contributed by atoms with Crippen LogP contribution in [0.1, 0.15) is 61.7 Å². The van der Waals surface area contributed by atoms with Crippen molar-refractivity contribution in [1.29, 1.82) is 0 Å². The lowest BCUT2D eigenvalue weighted by Gasteiger charge is -2.44. The quantitative estimate of drug-likeness (QED) is 0.817. The maximum absolute atomic E-state index is 12.5. The van der Waals surface area contributed by atoms with Crippen LogP contribution in [0.3, 0.4) is 0 Å². The molecule has 2 aliphatic heterocycles. The Kier molecular flexibility index (Phi) is 6.15. The number of nitrogens with zero attached hydrogens (tertiary/aromatic N) is 1. The molecule has 4 rings (SSSR count). The minimum atomic E-state index is -0.437. The zero-order chi connectivity index (χ0) is 19.3. The van der Waals surface area contributed by atoms with E-state index in [1.165, 1.54) is 32.4 Å². The third-order valence-corrected chi connectivity index (χ3v) is 6.24. The van der Waals surface area contributed by atoms with Gasteiger partial charge in [-0.1, -0.05) is 6.42 Å². The van der Waals surface area contributed by atoms with Gasteiger partial charge in [-0.15, -0.1) is 0 Å². The third-order valence-electron chi connectivity index (χ3n) is 6.24. The molecule has 152 valence electrons. The number of rotatable bonds is 5. The van der Waals surface area contributed by atoms with Crippen LogP contribution < -0.4 is 15.4 Å². The van der Waals surface area contributed by atoms with Crippen LogP contribution in [0.4, 0.5) is 0 Å². The first-order chi connectivity index (χ1) is 13.7. The lowest BCUT2D eigenvalue weighted by Crippen LogP contribution is -2.50. The first-order valence-electron chi connectivity index (χ1n) is 10.8. The summed E-state index contributed by atoms with van der Waals surface area (Å²) < 4.78 is 6.07. The molecule has 1 unspecified atom stereocenters. The summed E-state index contributed by atoms with van der Waals surface area (Å²) in [5.74, 6) is 0.521. The lowest BCUT2D eigenvalue weighted by atomic mass is 9.86. The number of piperidine rings is 1. The van der Waals surface area contributed by atoms with E-state index in [-0.39, 0.29) is 17.9 Å². The Morgan fingerprint density at radius 1 is 1.04 bits per heavy atom. The number of ether oxygens (including phenoxy) is 1. The first kappa shape index (κ1) is 19.2. The molecule has 6 heteroatoms. The second-order valence-corrected chi connectivity index (χ2v) is 8.30. The fourth-order valence-electron chi connectivity index (χ4n) is 4.41. The van der Waals surface area contributed by atoms with E-state index in [4.69, 9.17) is 4.74 Å². The number of carbonyl (C=O) groups excluding carboxylic acids is 2. The average Bonchev–Trinajstić information content (AvgIpc) is 2.90. The van der Waals surface area contributed by atoms with E-state index in [1.807, 2.05) is 12.1 Å². The maximum Gasteiger partial charge on any atom is 0.251 e. The predicted octanol–water partition coefficient (Wildman–Crippen LogP) is 2.48. The van der Waals surface area contributed by atoms with Crippen LogP contribution in [0.2, 0.25) is 0 Å². The molecule has 1 aromatic rings. The van der Waals surface area contributed by atoms with Crippen LogP contribution in [0.25, 0.3) is 0 Å². The highest BCUT2D eigenvalue weighted by Gasteiger charge is 2.35. The van der Waals surface area contributed by atoms with Gasteiger partial charge >= 0.3 is 0 Å². The van der Waals surface area contributed by atoms with Gasteiger partial charge in [0.05, 0.1) is 0 Å². The first-order valence-corrected chi connectivity index (χ1v) is 10.8. The number of likely N-dealkylation sites (tertiary alicyclic amines) is 1. The molecule has 2 amide bonds. The molecule has 2 heterocycles. The Hall–Kier alpha value is -2.08. The van der Waals surface area contributed by atoms with Crippen LogP contribution in [0, 0.1) is 0 Å². The van der Waals surface area contributed by atoms with Crippen molar-refractivity contribution < 1.29 is 14.3 Å². The van der Waals surface area contributed by atoms with Gasteiger partial charge in [0, 0.05) is 31.0 Å². The monoisotopic (exact) mass is 385 g/mol. The highest BCUT2D eigenvalue weighted by atomic mass is 16.5. The number of hydrogen-bond acceptors (Lipinski definition) is 4. The van der Waals surface area contributed by atoms with Gasteiger partial charge in [0.25, 0.3) is 5.91 Å². The minimum absolute atomic E-state index is 0.0842. The highest BCUT2D eigenvalue weighted by molar-refractivity contribution is 5.97. The van der Waals surface area contributed by atoms with E-state index in [2.05, 4.69) is 15.5 Å². The van der Waals surface area contributed by atoms with Crippen molar-refractivity contribution in [3.05, 3.63) is 29.8 Å². The average molecular weight is 386 g/mol. The summed E-state index contributed by atoms with van der Waals surface area (Å²) >= 11 is 0. The summed E-state index contributed by atoms with van der Waals surface area (Å²) in [6.07, 6.45) is 9.09. The van der Waals surface area contributed by atoms with E-state index in [9.17, 15) is 9.59 Å². The Morgan fingerprint density at radius 3 is 2.54 bits per heavy atom. The van der Waals surface area contributed by atoms with E-state index >= 15 is 0 Å². The molecule has 3 fully saturated rings. The smallest absolute Gasteiger partial charge is 0.251 e. The summed E-state index contributed by atoms with van der Waals surface area (Å²) in [5, 5.41) is 5.70. The minimum Gasteiger partial charge on any atom is -0.490 e. The van der Waals surface area contributed by atoms with E-state index in [1.54, 1.807) is 12.1 Å². The Morgan fingerprint density at radius 2 is 1.79 bits per heavy atom. The zero-order valence-corrected chi connectivity index (χ0v) is 16.5. The van der Waals surface area contributed by atoms with Gasteiger partial charge in [-0.2, -0.15) is 0 Å². The molecule has 0 radical (unpaired) electrons. The molecule has 3 aliphatic rings. The molecular weight excluding hydrogens is 354 g/mol. The largest absolute Gasteiger partial charge is 0.490 e. The molecule has 2 N–H and O–H groups in total. The van der Waals surface area contributed by atoms with Crippen molar-refractivity contribution >= 4 is 11.8 Å². The molecule has 6 nitrogen and oxygen atoms in total. The number of hydrogen-bond donors (Lipinski definition) is 2. The van der Waals surface area contributed by atoms with Crippen LogP contribution in [0.15, 0.2) is 24.3 Å². The molecule has 0 bridgehead atoms. The molecule has 28 heavy (non-hydrogen) atoms. The molecule has 0 spiro atoms. The van der Waals surface area contributed by atoms with Gasteiger partial charge in [-0.05, 0) is 69.5 Å². The highest BCUT2D eigenvalue weighted by Crippen LogP contribution is 2.31. The van der Waals surface area contributed by atoms with Gasteiger partial charge < -0.3 is 20.3 Å². The van der Waals surface area contributed by atoms with Crippen molar-refractivity contribution in [2.24, 2.45) is 0 Å². The Bertz CT molecular complexity index is 679. The van der Waals surface area contributed by atoms with Crippen LogP contribution in [-0.4, -0.2) is 54.5 Å². The van der Waals surface area contributed by atoms with Crippen molar-refractivity contribution in [1.82, 2.24) is 15.5 Å². The van der Waals surface area contributed by atoms with Crippen LogP contribution in [0.5, 0.6) is 5.75 Å². The van der Waals surface area contributed by atoms with Gasteiger partial charge in [0.15, 0.2) is 0 Å². The van der Waals surface area contributed by atoms with E-state index < -0.39 is 6.04 Å².